The number of carbonyl (C=O) groups is 1. The van der Waals surface area contributed by atoms with Crippen molar-refractivity contribution in [2.45, 2.75) is 6.10 Å². The number of nitrogens with two attached hydrogens (primary N) is 2. The van der Waals surface area contributed by atoms with E-state index in [1.165, 1.54) is 6.07 Å². The van der Waals surface area contributed by atoms with Gasteiger partial charge in [0.25, 0.3) is 0 Å². The zero-order valence-electron chi connectivity index (χ0n) is 11.2. The second-order valence-electron chi connectivity index (χ2n) is 4.45. The number of ether oxygens (including phenoxy) is 1. The van der Waals surface area contributed by atoms with Crippen LogP contribution in [0.5, 0.6) is 11.5 Å². The maximum atomic E-state index is 12.1. The average molecular weight is 288 g/mol. The molecule has 0 aliphatic heterocycles. The van der Waals surface area contributed by atoms with Crippen molar-refractivity contribution in [1.29, 1.82) is 0 Å². The maximum Gasteiger partial charge on any atom is 0.199 e. The first-order valence-electron chi connectivity index (χ1n) is 6.28. The molecule has 0 spiro atoms. The summed E-state index contributed by atoms with van der Waals surface area (Å²) in [5.41, 5.74) is 12.2. The van der Waals surface area contributed by atoms with Crippen molar-refractivity contribution >= 4 is 17.2 Å². The molecule has 6 nitrogen and oxygen atoms in total. The molecule has 0 amide bonds. The highest BCUT2D eigenvalue weighted by atomic mass is 16.5. The van der Waals surface area contributed by atoms with E-state index in [2.05, 4.69) is 0 Å². The Labute approximate surface area is 121 Å². The lowest BCUT2D eigenvalue weighted by Crippen LogP contribution is -2.25. The minimum Gasteiger partial charge on any atom is -0.457 e. The van der Waals surface area contributed by atoms with Crippen LogP contribution in [0.3, 0.4) is 0 Å². The Hall–Kier alpha value is -2.57. The molecule has 21 heavy (non-hydrogen) atoms. The molecule has 6 N–H and O–H groups in total. The number of anilines is 2. The summed E-state index contributed by atoms with van der Waals surface area (Å²) in [4.78, 5) is 12.1. The molecule has 0 fully saturated rings. The normalized spacial score (nSPS) is 11.9. The Kier molecular flexibility index (Phi) is 4.42. The van der Waals surface area contributed by atoms with E-state index in [-0.39, 0.29) is 17.0 Å². The van der Waals surface area contributed by atoms with Gasteiger partial charge in [0.2, 0.25) is 0 Å². The molecule has 1 unspecified atom stereocenters. The summed E-state index contributed by atoms with van der Waals surface area (Å²) >= 11 is 0. The van der Waals surface area contributed by atoms with Crippen LogP contribution in [-0.2, 0) is 0 Å². The zero-order valence-corrected chi connectivity index (χ0v) is 11.2. The lowest BCUT2D eigenvalue weighted by Gasteiger charge is -2.14. The van der Waals surface area contributed by atoms with Crippen LogP contribution in [0.1, 0.15) is 10.4 Å². The third-order valence-electron chi connectivity index (χ3n) is 2.89. The number of rotatable bonds is 5. The van der Waals surface area contributed by atoms with Gasteiger partial charge < -0.3 is 26.4 Å². The summed E-state index contributed by atoms with van der Waals surface area (Å²) in [5.74, 6) is -0.0133. The fourth-order valence-electron chi connectivity index (χ4n) is 1.81. The number of carbonyl (C=O) groups excluding carboxylic acids is 1. The van der Waals surface area contributed by atoms with E-state index < -0.39 is 18.5 Å². The largest absolute Gasteiger partial charge is 0.457 e. The van der Waals surface area contributed by atoms with Crippen molar-refractivity contribution in [3.63, 3.8) is 0 Å². The van der Waals surface area contributed by atoms with Gasteiger partial charge >= 0.3 is 0 Å². The van der Waals surface area contributed by atoms with E-state index in [1.54, 1.807) is 36.4 Å². The predicted molar refractivity (Wildman–Crippen MR) is 79.2 cm³/mol. The molecule has 0 saturated carbocycles. The van der Waals surface area contributed by atoms with Crippen molar-refractivity contribution in [2.24, 2.45) is 0 Å². The van der Waals surface area contributed by atoms with Crippen LogP contribution in [0.25, 0.3) is 0 Å². The second kappa shape index (κ2) is 6.25. The standard InChI is InChI=1S/C15H16N2O4/c16-9-4-6-10(7-5-9)21-13-3-1-2-11(17)14(13)15(20)12(19)8-18/h1-7,12,18-19H,8,16-17H2. The van der Waals surface area contributed by atoms with Crippen molar-refractivity contribution in [2.75, 3.05) is 18.1 Å². The van der Waals surface area contributed by atoms with Crippen molar-refractivity contribution < 1.29 is 19.7 Å². The molecule has 0 aromatic heterocycles. The lowest BCUT2D eigenvalue weighted by molar-refractivity contribution is 0.0586. The molecule has 0 heterocycles. The van der Waals surface area contributed by atoms with Gasteiger partial charge in [0.1, 0.15) is 17.6 Å². The van der Waals surface area contributed by atoms with Gasteiger partial charge in [0.15, 0.2) is 5.78 Å². The Balaban J connectivity index is 2.37. The van der Waals surface area contributed by atoms with Gasteiger partial charge in [-0.25, -0.2) is 0 Å². The highest BCUT2D eigenvalue weighted by molar-refractivity contribution is 6.06. The number of hydrogen-bond acceptors (Lipinski definition) is 6. The van der Waals surface area contributed by atoms with Gasteiger partial charge in [-0.2, -0.15) is 0 Å². The number of ketones is 1. The van der Waals surface area contributed by atoms with Crippen LogP contribution < -0.4 is 16.2 Å². The highest BCUT2D eigenvalue weighted by Crippen LogP contribution is 2.30. The van der Waals surface area contributed by atoms with Gasteiger partial charge in [0, 0.05) is 11.4 Å². The SMILES string of the molecule is Nc1ccc(Oc2cccc(N)c2C(=O)C(O)CO)cc1. The van der Waals surface area contributed by atoms with Crippen LogP contribution in [0.2, 0.25) is 0 Å². The molecule has 2 aromatic rings. The van der Waals surface area contributed by atoms with Crippen LogP contribution in [0.15, 0.2) is 42.5 Å². The van der Waals surface area contributed by atoms with Crippen LogP contribution in [0.4, 0.5) is 11.4 Å². The van der Waals surface area contributed by atoms with Crippen molar-refractivity contribution in [3.8, 4) is 11.5 Å². The van der Waals surface area contributed by atoms with Crippen LogP contribution in [-0.4, -0.2) is 28.7 Å². The molecule has 6 heteroatoms. The molecule has 0 bridgehead atoms. The quantitative estimate of drug-likeness (QED) is 0.484. The lowest BCUT2D eigenvalue weighted by atomic mass is 10.0. The molecule has 2 rings (SSSR count). The van der Waals surface area contributed by atoms with Gasteiger partial charge in [-0.1, -0.05) is 6.07 Å². The van der Waals surface area contributed by atoms with Crippen molar-refractivity contribution in [3.05, 3.63) is 48.0 Å². The third kappa shape index (κ3) is 3.31. The molecule has 0 radical (unpaired) electrons. The first-order chi connectivity index (χ1) is 10.0. The van der Waals surface area contributed by atoms with Gasteiger partial charge in [-0.15, -0.1) is 0 Å². The van der Waals surface area contributed by atoms with E-state index in [4.69, 9.17) is 21.3 Å². The Morgan fingerprint density at radius 2 is 1.81 bits per heavy atom. The molecule has 0 saturated heterocycles. The van der Waals surface area contributed by atoms with Gasteiger partial charge in [-0.05, 0) is 36.4 Å². The fraction of sp³-hybridized carbons (Fsp3) is 0.133. The number of nitrogen functional groups attached to an aromatic ring is 2. The average Bonchev–Trinajstić information content (AvgIpc) is 2.48. The number of hydrogen-bond donors (Lipinski definition) is 4. The third-order valence-corrected chi connectivity index (χ3v) is 2.89. The smallest absolute Gasteiger partial charge is 0.199 e. The molecule has 2 aromatic carbocycles. The number of aliphatic hydroxyl groups is 2. The van der Waals surface area contributed by atoms with E-state index in [0.717, 1.165) is 0 Å². The second-order valence-corrected chi connectivity index (χ2v) is 4.45. The molecule has 1 atom stereocenters. The van der Waals surface area contributed by atoms with E-state index >= 15 is 0 Å². The molecular weight excluding hydrogens is 272 g/mol. The predicted octanol–water partition coefficient (Wildman–Crippen LogP) is 1.18. The first kappa shape index (κ1) is 14.8. The molecule has 0 aliphatic carbocycles. The summed E-state index contributed by atoms with van der Waals surface area (Å²) < 4.78 is 5.61. The zero-order chi connectivity index (χ0) is 15.4. The summed E-state index contributed by atoms with van der Waals surface area (Å²) in [5, 5.41) is 18.4. The number of benzene rings is 2. The molecule has 0 aliphatic rings. The summed E-state index contributed by atoms with van der Waals surface area (Å²) in [6, 6.07) is 11.3. The fourth-order valence-corrected chi connectivity index (χ4v) is 1.81. The van der Waals surface area contributed by atoms with Gasteiger partial charge in [-0.3, -0.25) is 4.79 Å². The maximum absolute atomic E-state index is 12.1. The highest BCUT2D eigenvalue weighted by Gasteiger charge is 2.23. The minimum absolute atomic E-state index is 0.0378. The van der Waals surface area contributed by atoms with E-state index in [0.29, 0.717) is 11.4 Å². The molecule has 110 valence electrons. The van der Waals surface area contributed by atoms with E-state index in [1.807, 2.05) is 0 Å². The molecular formula is C15H16N2O4. The van der Waals surface area contributed by atoms with Crippen molar-refractivity contribution in [1.82, 2.24) is 0 Å². The monoisotopic (exact) mass is 288 g/mol. The summed E-state index contributed by atoms with van der Waals surface area (Å²) in [7, 11) is 0. The first-order valence-corrected chi connectivity index (χ1v) is 6.28. The number of aliphatic hydroxyl groups excluding tert-OH is 2. The Morgan fingerprint density at radius 1 is 1.14 bits per heavy atom. The van der Waals surface area contributed by atoms with Crippen LogP contribution >= 0.6 is 0 Å². The summed E-state index contributed by atoms with van der Waals surface area (Å²) in [6.07, 6.45) is -1.54. The number of Topliss-reactive ketones (excluding diaryl/α,β-unsaturated/α-hetero) is 1. The minimum atomic E-state index is -1.54. The Morgan fingerprint density at radius 3 is 2.43 bits per heavy atom. The summed E-state index contributed by atoms with van der Waals surface area (Å²) in [6.45, 7) is -0.686. The topological polar surface area (TPSA) is 119 Å². The Bertz CT molecular complexity index is 641. The van der Waals surface area contributed by atoms with Gasteiger partial charge in [0.05, 0.1) is 12.2 Å². The van der Waals surface area contributed by atoms with E-state index in [9.17, 15) is 9.90 Å². The van der Waals surface area contributed by atoms with Crippen LogP contribution in [0, 0.1) is 0 Å².